The molecular formula is C23H23N5O3S. The molecule has 1 saturated heterocycles. The molecule has 8 nitrogen and oxygen atoms in total. The number of anilines is 1. The van der Waals surface area contributed by atoms with Crippen LogP contribution in [0.25, 0.3) is 11.3 Å². The van der Waals surface area contributed by atoms with Crippen molar-refractivity contribution < 1.29 is 14.3 Å². The van der Waals surface area contributed by atoms with Crippen LogP contribution in [-0.4, -0.2) is 51.9 Å². The number of ether oxygens (including phenoxy) is 2. The molecule has 1 unspecified atom stereocenters. The maximum absolute atomic E-state index is 13.5. The zero-order valence-corrected chi connectivity index (χ0v) is 18.6. The van der Waals surface area contributed by atoms with Crippen LogP contribution in [0.4, 0.5) is 5.69 Å². The van der Waals surface area contributed by atoms with E-state index < -0.39 is 5.41 Å². The highest BCUT2D eigenvalue weighted by molar-refractivity contribution is 7.98. The number of thioether (sulfide) groups is 1. The average Bonchev–Trinajstić information content (AvgIpc) is 3.20. The maximum Gasteiger partial charge on any atom is 0.237 e. The first-order chi connectivity index (χ1) is 15.7. The van der Waals surface area contributed by atoms with Crippen LogP contribution >= 0.6 is 11.8 Å². The first-order valence-electron chi connectivity index (χ1n) is 10.5. The SMILES string of the molecule is CCOc1cncc(-c2ccc(NC(=O)C3(c4cc(SC)ncn4)[C@@H]4COC[C@@H]43)cc2)n1. The Hall–Kier alpha value is -3.04. The van der Waals surface area contributed by atoms with Crippen molar-refractivity contribution in [1.82, 2.24) is 19.9 Å². The number of nitrogens with one attached hydrogen (secondary N) is 1. The van der Waals surface area contributed by atoms with Crippen molar-refractivity contribution in [2.24, 2.45) is 11.8 Å². The predicted molar refractivity (Wildman–Crippen MR) is 121 cm³/mol. The normalized spacial score (nSPS) is 23.4. The number of hydrogen-bond donors (Lipinski definition) is 1. The van der Waals surface area contributed by atoms with Gasteiger partial charge in [0.1, 0.15) is 11.7 Å². The summed E-state index contributed by atoms with van der Waals surface area (Å²) >= 11 is 1.54. The summed E-state index contributed by atoms with van der Waals surface area (Å²) < 4.78 is 11.0. The van der Waals surface area contributed by atoms with Gasteiger partial charge < -0.3 is 14.8 Å². The highest BCUT2D eigenvalue weighted by atomic mass is 32.2. The minimum absolute atomic E-state index is 0.0487. The van der Waals surface area contributed by atoms with Gasteiger partial charge in [-0.05, 0) is 31.4 Å². The van der Waals surface area contributed by atoms with Crippen LogP contribution in [-0.2, 0) is 14.9 Å². The van der Waals surface area contributed by atoms with E-state index in [2.05, 4.69) is 25.3 Å². The number of aromatic nitrogens is 4. The fourth-order valence-electron chi connectivity index (χ4n) is 4.53. The number of carbonyl (C=O) groups is 1. The number of nitrogens with zero attached hydrogens (tertiary/aromatic N) is 4. The fourth-order valence-corrected chi connectivity index (χ4v) is 4.91. The number of rotatable bonds is 7. The van der Waals surface area contributed by atoms with Crippen molar-refractivity contribution in [3.63, 3.8) is 0 Å². The lowest BCUT2D eigenvalue weighted by Gasteiger charge is -2.20. The van der Waals surface area contributed by atoms with E-state index in [1.54, 1.807) is 24.2 Å². The highest BCUT2D eigenvalue weighted by Crippen LogP contribution is 2.63. The van der Waals surface area contributed by atoms with E-state index >= 15 is 0 Å². The summed E-state index contributed by atoms with van der Waals surface area (Å²) in [7, 11) is 0. The van der Waals surface area contributed by atoms with E-state index in [0.29, 0.717) is 31.4 Å². The molecule has 0 spiro atoms. The molecule has 0 radical (unpaired) electrons. The number of amides is 1. The molecule has 3 heterocycles. The lowest BCUT2D eigenvalue weighted by atomic mass is 9.94. The first-order valence-corrected chi connectivity index (χ1v) is 11.7. The van der Waals surface area contributed by atoms with Gasteiger partial charge in [-0.2, -0.15) is 0 Å². The van der Waals surface area contributed by atoms with Gasteiger partial charge in [0.25, 0.3) is 0 Å². The molecule has 3 atom stereocenters. The van der Waals surface area contributed by atoms with E-state index in [4.69, 9.17) is 9.47 Å². The van der Waals surface area contributed by atoms with Crippen molar-refractivity contribution in [3.8, 4) is 17.1 Å². The zero-order valence-electron chi connectivity index (χ0n) is 17.8. The van der Waals surface area contributed by atoms with Gasteiger partial charge in [-0.1, -0.05) is 12.1 Å². The highest BCUT2D eigenvalue weighted by Gasteiger charge is 2.73. The summed E-state index contributed by atoms with van der Waals surface area (Å²) in [6.07, 6.45) is 6.78. The molecule has 32 heavy (non-hydrogen) atoms. The molecule has 1 aliphatic heterocycles. The molecule has 1 aromatic carbocycles. The molecule has 164 valence electrons. The monoisotopic (exact) mass is 449 g/mol. The molecule has 1 aliphatic carbocycles. The Labute approximate surface area is 190 Å². The Morgan fingerprint density at radius 3 is 2.72 bits per heavy atom. The second-order valence-corrected chi connectivity index (χ2v) is 8.60. The molecule has 9 heteroatoms. The summed E-state index contributed by atoms with van der Waals surface area (Å²) in [5, 5.41) is 3.95. The van der Waals surface area contributed by atoms with E-state index in [1.165, 1.54) is 6.33 Å². The standard InChI is InChI=1S/C23H23N5O3S/c1-3-31-20-10-24-9-18(28-20)14-4-6-15(7-5-14)27-22(29)23(16-11-30-12-17(16)23)19-8-21(32-2)26-13-25-19/h4-10,13,16-17H,3,11-12H2,1-2H3,(H,27,29)/t16-,17+,23?. The Morgan fingerprint density at radius 2 is 2.00 bits per heavy atom. The third-order valence-electron chi connectivity index (χ3n) is 6.14. The minimum atomic E-state index is -0.665. The van der Waals surface area contributed by atoms with Crippen LogP contribution in [0.1, 0.15) is 12.6 Å². The van der Waals surface area contributed by atoms with Gasteiger partial charge in [0, 0.05) is 23.1 Å². The van der Waals surface area contributed by atoms with Crippen LogP contribution in [0.15, 0.2) is 54.1 Å². The third kappa shape index (κ3) is 3.51. The van der Waals surface area contributed by atoms with Gasteiger partial charge in [0.2, 0.25) is 11.8 Å². The van der Waals surface area contributed by atoms with Crippen LogP contribution in [0.5, 0.6) is 5.88 Å². The van der Waals surface area contributed by atoms with Crippen LogP contribution in [0, 0.1) is 11.8 Å². The molecule has 0 bridgehead atoms. The van der Waals surface area contributed by atoms with Gasteiger partial charge >= 0.3 is 0 Å². The van der Waals surface area contributed by atoms with E-state index in [0.717, 1.165) is 22.0 Å². The van der Waals surface area contributed by atoms with E-state index in [9.17, 15) is 4.79 Å². The van der Waals surface area contributed by atoms with Crippen molar-refractivity contribution in [1.29, 1.82) is 0 Å². The zero-order chi connectivity index (χ0) is 22.1. The minimum Gasteiger partial charge on any atom is -0.477 e. The van der Waals surface area contributed by atoms with E-state index in [-0.39, 0.29) is 17.7 Å². The van der Waals surface area contributed by atoms with Gasteiger partial charge in [0.05, 0.1) is 48.6 Å². The Kier molecular flexibility index (Phi) is 5.52. The lowest BCUT2D eigenvalue weighted by molar-refractivity contribution is -0.120. The van der Waals surface area contributed by atoms with Crippen molar-refractivity contribution in [3.05, 3.63) is 54.7 Å². The lowest BCUT2D eigenvalue weighted by Crippen LogP contribution is -2.35. The first kappa shape index (κ1) is 20.8. The Bertz CT molecular complexity index is 1130. The molecule has 2 aromatic heterocycles. The Morgan fingerprint density at radius 1 is 1.22 bits per heavy atom. The van der Waals surface area contributed by atoms with Gasteiger partial charge in [-0.15, -0.1) is 11.8 Å². The quantitative estimate of drug-likeness (QED) is 0.434. The largest absolute Gasteiger partial charge is 0.477 e. The summed E-state index contributed by atoms with van der Waals surface area (Å²) in [5.41, 5.74) is 2.43. The molecular weight excluding hydrogens is 426 g/mol. The van der Waals surface area contributed by atoms with Crippen molar-refractivity contribution >= 4 is 23.4 Å². The molecule has 1 saturated carbocycles. The Balaban J connectivity index is 1.37. The summed E-state index contributed by atoms with van der Waals surface area (Å²) in [6.45, 7) is 3.58. The van der Waals surface area contributed by atoms with Gasteiger partial charge in [0.15, 0.2) is 0 Å². The fraction of sp³-hybridized carbons (Fsp3) is 0.348. The van der Waals surface area contributed by atoms with E-state index in [1.807, 2.05) is 43.5 Å². The summed E-state index contributed by atoms with van der Waals surface area (Å²) in [4.78, 5) is 30.9. The van der Waals surface area contributed by atoms with Crippen molar-refractivity contribution in [2.75, 3.05) is 31.4 Å². The summed E-state index contributed by atoms with van der Waals surface area (Å²) in [5.74, 6) is 0.722. The number of hydrogen-bond acceptors (Lipinski definition) is 8. The average molecular weight is 450 g/mol. The molecule has 1 N–H and O–H groups in total. The molecule has 1 amide bonds. The van der Waals surface area contributed by atoms with Gasteiger partial charge in [-0.3, -0.25) is 9.78 Å². The molecule has 3 aromatic rings. The van der Waals surface area contributed by atoms with Crippen molar-refractivity contribution in [2.45, 2.75) is 17.4 Å². The van der Waals surface area contributed by atoms with Gasteiger partial charge in [-0.25, -0.2) is 15.0 Å². The predicted octanol–water partition coefficient (Wildman–Crippen LogP) is 3.21. The number of carbonyl (C=O) groups excluding carboxylic acids is 1. The smallest absolute Gasteiger partial charge is 0.237 e. The van der Waals surface area contributed by atoms with Crippen LogP contribution in [0.2, 0.25) is 0 Å². The second-order valence-electron chi connectivity index (χ2n) is 7.77. The second kappa shape index (κ2) is 8.48. The summed E-state index contributed by atoms with van der Waals surface area (Å²) in [6, 6.07) is 9.50. The molecule has 5 rings (SSSR count). The number of benzene rings is 1. The maximum atomic E-state index is 13.5. The van der Waals surface area contributed by atoms with Crippen LogP contribution in [0.3, 0.4) is 0 Å². The topological polar surface area (TPSA) is 99.1 Å². The third-order valence-corrected chi connectivity index (χ3v) is 6.78. The number of fused-ring (bicyclic) bond motifs is 1. The van der Waals surface area contributed by atoms with Crippen LogP contribution < -0.4 is 10.1 Å². The molecule has 2 aliphatic rings. The molecule has 2 fully saturated rings.